The van der Waals surface area contributed by atoms with Gasteiger partial charge >= 0.3 is 5.97 Å². The van der Waals surface area contributed by atoms with Crippen LogP contribution in [0.3, 0.4) is 0 Å². The molecule has 0 radical (unpaired) electrons. The van der Waals surface area contributed by atoms with E-state index in [-0.39, 0.29) is 18.6 Å². The highest BCUT2D eigenvalue weighted by atomic mass is 35.5. The zero-order chi connectivity index (χ0) is 19.6. The van der Waals surface area contributed by atoms with Crippen LogP contribution in [-0.4, -0.2) is 27.7 Å². The first-order valence-corrected chi connectivity index (χ1v) is 10.1. The molecule has 1 unspecified atom stereocenters. The smallest absolute Gasteiger partial charge is 0.334 e. The molecule has 1 aliphatic rings. The number of benzene rings is 2. The third-order valence-electron chi connectivity index (χ3n) is 4.01. The quantitative estimate of drug-likeness (QED) is 0.607. The maximum absolute atomic E-state index is 12.8. The summed E-state index contributed by atoms with van der Waals surface area (Å²) in [5.41, 5.74) is 2.53. The molecule has 0 aromatic heterocycles. The van der Waals surface area contributed by atoms with Crippen molar-refractivity contribution in [1.82, 2.24) is 4.72 Å². The van der Waals surface area contributed by atoms with Gasteiger partial charge in [0.1, 0.15) is 17.3 Å². The molecule has 0 saturated heterocycles. The standard InChI is InChI=1S/C20H21ClN2O3S/c1-20(2,3)27(25)23-18(13-7-9-16(21)10-8-13)14-5-4-6-15(11-14)19-22-12-17(24)26-19/h4-11,18,23H,12H2,1-3H3/t18-,27?/m0/s1. The summed E-state index contributed by atoms with van der Waals surface area (Å²) in [6.07, 6.45) is 0. The Hall–Kier alpha value is -1.86. The van der Waals surface area contributed by atoms with Gasteiger partial charge in [-0.3, -0.25) is 0 Å². The van der Waals surface area contributed by atoms with E-state index in [4.69, 9.17) is 16.3 Å². The second-order valence-electron chi connectivity index (χ2n) is 7.20. The molecular formula is C20H21ClN2O3S. The van der Waals surface area contributed by atoms with Crippen LogP contribution in [0.25, 0.3) is 0 Å². The zero-order valence-electron chi connectivity index (χ0n) is 15.4. The van der Waals surface area contributed by atoms with Crippen molar-refractivity contribution >= 4 is 34.8 Å². The molecule has 2 aromatic carbocycles. The number of nitrogens with zero attached hydrogens (tertiary/aromatic N) is 1. The molecule has 0 fully saturated rings. The van der Waals surface area contributed by atoms with E-state index in [2.05, 4.69) is 9.71 Å². The molecule has 5 nitrogen and oxygen atoms in total. The first kappa shape index (κ1) is 19.9. The summed E-state index contributed by atoms with van der Waals surface area (Å²) in [4.78, 5) is 15.5. The highest BCUT2D eigenvalue weighted by Crippen LogP contribution is 2.28. The van der Waals surface area contributed by atoms with E-state index in [1.807, 2.05) is 57.2 Å². The molecule has 0 bridgehead atoms. The van der Waals surface area contributed by atoms with Crippen molar-refractivity contribution in [3.8, 4) is 0 Å². The molecule has 0 saturated carbocycles. The summed E-state index contributed by atoms with van der Waals surface area (Å²) in [6, 6.07) is 14.6. The number of nitrogens with one attached hydrogen (secondary N) is 1. The highest BCUT2D eigenvalue weighted by Gasteiger charge is 2.31. The predicted octanol–water partition coefficient (Wildman–Crippen LogP) is 3.78. The van der Waals surface area contributed by atoms with Gasteiger partial charge < -0.3 is 9.29 Å². The van der Waals surface area contributed by atoms with E-state index in [1.54, 1.807) is 12.1 Å². The molecule has 0 amide bonds. The van der Waals surface area contributed by atoms with Gasteiger partial charge in [-0.15, -0.1) is 4.72 Å². The van der Waals surface area contributed by atoms with Crippen LogP contribution in [0, 0.1) is 0 Å². The first-order chi connectivity index (χ1) is 12.7. The maximum Gasteiger partial charge on any atom is 0.334 e. The second-order valence-corrected chi connectivity index (χ2v) is 9.64. The number of ether oxygens (including phenoxy) is 1. The molecule has 1 heterocycles. The van der Waals surface area contributed by atoms with E-state index in [1.165, 1.54) is 0 Å². The lowest BCUT2D eigenvalue weighted by Crippen LogP contribution is -2.41. The van der Waals surface area contributed by atoms with Crippen molar-refractivity contribution in [2.75, 3.05) is 6.54 Å². The maximum atomic E-state index is 12.8. The van der Waals surface area contributed by atoms with E-state index >= 15 is 0 Å². The molecule has 2 aromatic rings. The zero-order valence-corrected chi connectivity index (χ0v) is 16.9. The van der Waals surface area contributed by atoms with Crippen LogP contribution in [0.2, 0.25) is 5.02 Å². The van der Waals surface area contributed by atoms with Crippen molar-refractivity contribution in [3.05, 3.63) is 70.2 Å². The normalized spacial score (nSPS) is 16.6. The molecule has 1 aliphatic heterocycles. The fraction of sp³-hybridized carbons (Fsp3) is 0.300. The third kappa shape index (κ3) is 4.90. The van der Waals surface area contributed by atoms with Crippen molar-refractivity contribution in [2.24, 2.45) is 4.99 Å². The monoisotopic (exact) mass is 404 g/mol. The van der Waals surface area contributed by atoms with Gasteiger partial charge in [0.05, 0.1) is 0 Å². The summed E-state index contributed by atoms with van der Waals surface area (Å²) < 4.78 is 20.7. The van der Waals surface area contributed by atoms with Crippen LogP contribution in [0.15, 0.2) is 53.5 Å². The second kappa shape index (κ2) is 8.02. The SMILES string of the molecule is CC(C)(C)[S+]([O-])N[C@@H](c1ccc(Cl)cc1)c1cccc(C2=NCC(=O)O2)c1. The van der Waals surface area contributed by atoms with E-state index in [0.29, 0.717) is 16.5 Å². The van der Waals surface area contributed by atoms with Crippen LogP contribution in [0.4, 0.5) is 0 Å². The number of cyclic esters (lactones) is 1. The molecular weight excluding hydrogens is 384 g/mol. The topological polar surface area (TPSA) is 73.8 Å². The van der Waals surface area contributed by atoms with Crippen molar-refractivity contribution in [1.29, 1.82) is 0 Å². The van der Waals surface area contributed by atoms with Gasteiger partial charge in [-0.25, -0.2) is 9.79 Å². The van der Waals surface area contributed by atoms with E-state index in [9.17, 15) is 9.35 Å². The largest absolute Gasteiger partial charge is 0.598 e. The average molecular weight is 405 g/mol. The first-order valence-electron chi connectivity index (χ1n) is 8.53. The van der Waals surface area contributed by atoms with Gasteiger partial charge in [0, 0.05) is 21.9 Å². The summed E-state index contributed by atoms with van der Waals surface area (Å²) in [5.74, 6) is -0.0507. The van der Waals surface area contributed by atoms with Crippen LogP contribution < -0.4 is 4.72 Å². The Bertz CT molecular complexity index is 862. The van der Waals surface area contributed by atoms with Gasteiger partial charge in [0.2, 0.25) is 5.90 Å². The number of hydrogen-bond donors (Lipinski definition) is 1. The minimum absolute atomic E-state index is 0.0342. The molecule has 2 atom stereocenters. The molecule has 7 heteroatoms. The fourth-order valence-corrected chi connectivity index (χ4v) is 3.54. The lowest BCUT2D eigenvalue weighted by molar-refractivity contribution is -0.132. The number of carbonyl (C=O) groups is 1. The number of carbonyl (C=O) groups excluding carboxylic acids is 1. The molecule has 142 valence electrons. The Morgan fingerprint density at radius 2 is 1.89 bits per heavy atom. The fourth-order valence-electron chi connectivity index (χ4n) is 2.58. The Balaban J connectivity index is 1.97. The summed E-state index contributed by atoms with van der Waals surface area (Å²) in [7, 11) is 0. The number of hydrogen-bond acceptors (Lipinski definition) is 5. The molecule has 0 spiro atoms. The van der Waals surface area contributed by atoms with Crippen LogP contribution >= 0.6 is 11.6 Å². The molecule has 1 N–H and O–H groups in total. The summed E-state index contributed by atoms with van der Waals surface area (Å²) in [5, 5.41) is 0.635. The Kier molecular flexibility index (Phi) is 5.91. The van der Waals surface area contributed by atoms with E-state index < -0.39 is 16.1 Å². The summed E-state index contributed by atoms with van der Waals surface area (Å²) in [6.45, 7) is 5.78. The average Bonchev–Trinajstić information content (AvgIpc) is 3.06. The van der Waals surface area contributed by atoms with Crippen LogP contribution in [-0.2, 0) is 20.9 Å². The predicted molar refractivity (Wildman–Crippen MR) is 108 cm³/mol. The van der Waals surface area contributed by atoms with Gasteiger partial charge in [0.25, 0.3) is 0 Å². The Labute approximate surface area is 167 Å². The number of rotatable bonds is 5. The van der Waals surface area contributed by atoms with Crippen molar-refractivity contribution in [3.63, 3.8) is 0 Å². The highest BCUT2D eigenvalue weighted by molar-refractivity contribution is 7.90. The molecule has 3 rings (SSSR count). The number of esters is 1. The molecule has 27 heavy (non-hydrogen) atoms. The lowest BCUT2D eigenvalue weighted by atomic mass is 9.98. The summed E-state index contributed by atoms with van der Waals surface area (Å²) >= 11 is 4.73. The van der Waals surface area contributed by atoms with Gasteiger partial charge in [0.15, 0.2) is 0 Å². The minimum Gasteiger partial charge on any atom is -0.598 e. The Morgan fingerprint density at radius 1 is 1.19 bits per heavy atom. The van der Waals surface area contributed by atoms with Gasteiger partial charge in [-0.2, -0.15) is 0 Å². The van der Waals surface area contributed by atoms with Crippen LogP contribution in [0.5, 0.6) is 0 Å². The van der Waals surface area contributed by atoms with Crippen molar-refractivity contribution < 1.29 is 14.1 Å². The molecule has 0 aliphatic carbocycles. The number of halogens is 1. The van der Waals surface area contributed by atoms with Crippen molar-refractivity contribution in [2.45, 2.75) is 31.6 Å². The Morgan fingerprint density at radius 3 is 2.48 bits per heavy atom. The minimum atomic E-state index is -1.29. The van der Waals surface area contributed by atoms with E-state index in [0.717, 1.165) is 11.1 Å². The lowest BCUT2D eigenvalue weighted by Gasteiger charge is -2.28. The van der Waals surface area contributed by atoms with Crippen LogP contribution in [0.1, 0.15) is 43.5 Å². The third-order valence-corrected chi connectivity index (χ3v) is 5.83. The van der Waals surface area contributed by atoms with Gasteiger partial charge in [-0.1, -0.05) is 35.9 Å². The number of aliphatic imine (C=N–C) groups is 1. The van der Waals surface area contributed by atoms with Gasteiger partial charge in [-0.05, 0) is 56.2 Å².